The van der Waals surface area contributed by atoms with E-state index in [1.54, 1.807) is 0 Å². The van der Waals surface area contributed by atoms with Crippen LogP contribution >= 0.6 is 0 Å². The lowest BCUT2D eigenvalue weighted by Crippen LogP contribution is -2.22. The smallest absolute Gasteiger partial charge is 0.136 e. The first-order valence-electron chi connectivity index (χ1n) is 5.60. The van der Waals surface area contributed by atoms with Crippen molar-refractivity contribution in [3.05, 3.63) is 42.1 Å². The van der Waals surface area contributed by atoms with Crippen LogP contribution in [0.2, 0.25) is 0 Å². The first-order chi connectivity index (χ1) is 7.92. The minimum atomic E-state index is 0.727. The molecule has 1 aromatic rings. The van der Waals surface area contributed by atoms with Gasteiger partial charge in [0.25, 0.3) is 0 Å². The second kappa shape index (κ2) is 5.35. The molecule has 0 radical (unpaired) electrons. The van der Waals surface area contributed by atoms with E-state index in [-0.39, 0.29) is 0 Å². The largest absolute Gasteiger partial charge is 0.493 e. The van der Waals surface area contributed by atoms with Crippen LogP contribution in [0, 0.1) is 0 Å². The van der Waals surface area contributed by atoms with Crippen molar-refractivity contribution < 1.29 is 4.74 Å². The van der Waals surface area contributed by atoms with E-state index in [9.17, 15) is 0 Å². The molecular formula is C13H16N2O. The minimum absolute atomic E-state index is 0.727. The van der Waals surface area contributed by atoms with Gasteiger partial charge in [-0.05, 0) is 24.6 Å². The molecule has 0 amide bonds. The van der Waals surface area contributed by atoms with E-state index < -0.39 is 0 Å². The average Bonchev–Trinajstić information content (AvgIpc) is 2.38. The average molecular weight is 216 g/mol. The number of benzene rings is 1. The zero-order valence-electron chi connectivity index (χ0n) is 9.44. The van der Waals surface area contributed by atoms with Crippen LogP contribution in [0.25, 0.3) is 0 Å². The highest BCUT2D eigenvalue weighted by molar-refractivity contribution is 6.02. The van der Waals surface area contributed by atoms with Gasteiger partial charge >= 0.3 is 0 Å². The Kier molecular flexibility index (Phi) is 3.59. The topological polar surface area (TPSA) is 33.6 Å². The van der Waals surface area contributed by atoms with Gasteiger partial charge in [0.05, 0.1) is 18.7 Å². The van der Waals surface area contributed by atoms with E-state index in [4.69, 9.17) is 4.74 Å². The molecule has 1 N–H and O–H groups in total. The number of ether oxygens (including phenoxy) is 1. The number of para-hydroxylation sites is 1. The fraction of sp³-hybridized carbons (Fsp3) is 0.308. The maximum absolute atomic E-state index is 5.69. The molecule has 0 atom stereocenters. The van der Waals surface area contributed by atoms with Gasteiger partial charge in [-0.1, -0.05) is 19.1 Å². The molecular weight excluding hydrogens is 200 g/mol. The van der Waals surface area contributed by atoms with E-state index >= 15 is 0 Å². The van der Waals surface area contributed by atoms with Crippen molar-refractivity contribution in [3.63, 3.8) is 0 Å². The number of hydrogen-bond acceptors (Lipinski definition) is 3. The van der Waals surface area contributed by atoms with Crippen LogP contribution in [0.5, 0.6) is 5.75 Å². The maximum Gasteiger partial charge on any atom is 0.136 e. The summed E-state index contributed by atoms with van der Waals surface area (Å²) in [7, 11) is 0. The normalized spacial score (nSPS) is 14.2. The molecule has 1 aliphatic rings. The molecule has 0 spiro atoms. The monoisotopic (exact) mass is 216 g/mol. The summed E-state index contributed by atoms with van der Waals surface area (Å²) in [4.78, 5) is 4.41. The maximum atomic E-state index is 5.69. The third-order valence-corrected chi connectivity index (χ3v) is 2.30. The van der Waals surface area contributed by atoms with Crippen LogP contribution in [0.4, 0.5) is 0 Å². The van der Waals surface area contributed by atoms with Crippen molar-refractivity contribution >= 4 is 5.84 Å². The van der Waals surface area contributed by atoms with Crippen LogP contribution in [-0.2, 0) is 0 Å². The van der Waals surface area contributed by atoms with Crippen LogP contribution < -0.4 is 10.1 Å². The Morgan fingerprint density at radius 2 is 2.25 bits per heavy atom. The van der Waals surface area contributed by atoms with E-state index in [1.165, 1.54) is 0 Å². The summed E-state index contributed by atoms with van der Waals surface area (Å²) in [6.45, 7) is 3.56. The van der Waals surface area contributed by atoms with Crippen molar-refractivity contribution in [1.29, 1.82) is 0 Å². The molecule has 1 aromatic carbocycles. The highest BCUT2D eigenvalue weighted by atomic mass is 16.5. The Hall–Kier alpha value is -1.77. The zero-order chi connectivity index (χ0) is 11.2. The highest BCUT2D eigenvalue weighted by Crippen LogP contribution is 2.19. The summed E-state index contributed by atoms with van der Waals surface area (Å²) in [5.41, 5.74) is 1.03. The molecule has 0 aromatic heterocycles. The molecule has 84 valence electrons. The molecule has 0 unspecified atom stereocenters. The van der Waals surface area contributed by atoms with Crippen LogP contribution in [0.15, 0.2) is 41.5 Å². The number of nitrogens with one attached hydrogen (secondary N) is 1. The van der Waals surface area contributed by atoms with Gasteiger partial charge in [0.1, 0.15) is 11.6 Å². The first-order valence-corrected chi connectivity index (χ1v) is 5.60. The van der Waals surface area contributed by atoms with Crippen molar-refractivity contribution in [2.75, 3.05) is 13.2 Å². The van der Waals surface area contributed by atoms with Gasteiger partial charge in [0.15, 0.2) is 0 Å². The second-order valence-corrected chi connectivity index (χ2v) is 3.58. The predicted octanol–water partition coefficient (Wildman–Crippen LogP) is 2.34. The summed E-state index contributed by atoms with van der Waals surface area (Å²) in [5.74, 6) is 1.78. The minimum Gasteiger partial charge on any atom is -0.493 e. The Bertz CT molecular complexity index is 410. The van der Waals surface area contributed by atoms with Gasteiger partial charge in [-0.2, -0.15) is 0 Å². The number of rotatable bonds is 4. The fourth-order valence-corrected chi connectivity index (χ4v) is 1.54. The van der Waals surface area contributed by atoms with Crippen LogP contribution in [0.3, 0.4) is 0 Å². The molecule has 0 fully saturated rings. The standard InChI is InChI=1S/C13H16N2O/c1-2-10-16-12-7-4-3-6-11(12)13-14-8-5-9-15-13/h3-8H,2,9-10H2,1H3,(H,14,15). The Balaban J connectivity index is 2.21. The SMILES string of the molecule is CCCOc1ccccc1C1=NCC=CN1. The van der Waals surface area contributed by atoms with Crippen molar-refractivity contribution in [1.82, 2.24) is 5.32 Å². The fourth-order valence-electron chi connectivity index (χ4n) is 1.54. The lowest BCUT2D eigenvalue weighted by molar-refractivity contribution is 0.317. The number of hydrogen-bond donors (Lipinski definition) is 1. The molecule has 1 heterocycles. The third-order valence-electron chi connectivity index (χ3n) is 2.30. The van der Waals surface area contributed by atoms with E-state index in [1.807, 2.05) is 36.5 Å². The summed E-state index contributed by atoms with van der Waals surface area (Å²) in [5, 5.41) is 3.14. The molecule has 0 aliphatic carbocycles. The molecule has 1 aliphatic heterocycles. The van der Waals surface area contributed by atoms with Crippen molar-refractivity contribution in [2.24, 2.45) is 4.99 Å². The molecule has 0 bridgehead atoms. The van der Waals surface area contributed by atoms with E-state index in [0.29, 0.717) is 0 Å². The first kappa shape index (κ1) is 10.7. The van der Waals surface area contributed by atoms with Crippen molar-refractivity contribution in [2.45, 2.75) is 13.3 Å². The second-order valence-electron chi connectivity index (χ2n) is 3.58. The van der Waals surface area contributed by atoms with Gasteiger partial charge in [-0.3, -0.25) is 4.99 Å². The molecule has 3 heteroatoms. The van der Waals surface area contributed by atoms with Gasteiger partial charge < -0.3 is 10.1 Å². The van der Waals surface area contributed by atoms with E-state index in [0.717, 1.165) is 36.7 Å². The van der Waals surface area contributed by atoms with Gasteiger partial charge in [0.2, 0.25) is 0 Å². The summed E-state index contributed by atoms with van der Waals surface area (Å²) in [6, 6.07) is 7.98. The molecule has 0 saturated heterocycles. The zero-order valence-corrected chi connectivity index (χ0v) is 9.44. The highest BCUT2D eigenvalue weighted by Gasteiger charge is 2.09. The number of aliphatic imine (C=N–C) groups is 1. The van der Waals surface area contributed by atoms with Gasteiger partial charge in [-0.15, -0.1) is 0 Å². The molecule has 2 rings (SSSR count). The lowest BCUT2D eigenvalue weighted by atomic mass is 10.1. The lowest BCUT2D eigenvalue weighted by Gasteiger charge is -2.14. The number of amidine groups is 1. The quantitative estimate of drug-likeness (QED) is 0.838. The summed E-state index contributed by atoms with van der Waals surface area (Å²) in [6.07, 6.45) is 4.91. The van der Waals surface area contributed by atoms with Crippen molar-refractivity contribution in [3.8, 4) is 5.75 Å². The van der Waals surface area contributed by atoms with Crippen LogP contribution in [0.1, 0.15) is 18.9 Å². The number of nitrogens with zero attached hydrogens (tertiary/aromatic N) is 1. The molecule has 0 saturated carbocycles. The predicted molar refractivity (Wildman–Crippen MR) is 65.9 cm³/mol. The third kappa shape index (κ3) is 2.42. The summed E-state index contributed by atoms with van der Waals surface area (Å²) >= 11 is 0. The van der Waals surface area contributed by atoms with Gasteiger partial charge in [-0.25, -0.2) is 0 Å². The van der Waals surface area contributed by atoms with Crippen LogP contribution in [-0.4, -0.2) is 19.0 Å². The Labute approximate surface area is 95.8 Å². The Morgan fingerprint density at radius 3 is 3.00 bits per heavy atom. The summed E-state index contributed by atoms with van der Waals surface area (Å²) < 4.78 is 5.69. The Morgan fingerprint density at radius 1 is 1.38 bits per heavy atom. The van der Waals surface area contributed by atoms with Gasteiger partial charge in [0, 0.05) is 6.20 Å². The molecule has 16 heavy (non-hydrogen) atoms. The van der Waals surface area contributed by atoms with E-state index in [2.05, 4.69) is 17.2 Å². The molecule has 3 nitrogen and oxygen atoms in total.